The standard InChI is InChI=1S/C8H9N3/c1-6-9-7-3-4-11(2)5-8(7)10-6/h3-5H,1-2H3/p+1. The Hall–Kier alpha value is -1.38. The van der Waals surface area contributed by atoms with Gasteiger partial charge in [0.2, 0.25) is 0 Å². The van der Waals surface area contributed by atoms with Crippen molar-refractivity contribution in [1.82, 2.24) is 9.97 Å². The molecule has 0 aliphatic heterocycles. The summed E-state index contributed by atoms with van der Waals surface area (Å²) < 4.78 is 2.00. The molecule has 0 fully saturated rings. The number of fused-ring (bicyclic) bond motifs is 1. The third-order valence-corrected chi connectivity index (χ3v) is 1.68. The number of nitrogens with zero attached hydrogens (tertiary/aromatic N) is 2. The number of H-pyrrole nitrogens is 1. The normalized spacial score (nSPS) is 10.7. The molecule has 2 aromatic heterocycles. The van der Waals surface area contributed by atoms with Gasteiger partial charge in [0.25, 0.3) is 0 Å². The van der Waals surface area contributed by atoms with Crippen molar-refractivity contribution in [3.8, 4) is 0 Å². The van der Waals surface area contributed by atoms with Gasteiger partial charge >= 0.3 is 0 Å². The van der Waals surface area contributed by atoms with Crippen LogP contribution in [0.3, 0.4) is 0 Å². The van der Waals surface area contributed by atoms with Gasteiger partial charge in [-0.3, -0.25) is 0 Å². The highest BCUT2D eigenvalue weighted by atomic mass is 15.0. The van der Waals surface area contributed by atoms with Crippen LogP contribution >= 0.6 is 0 Å². The Kier molecular flexibility index (Phi) is 1.18. The lowest BCUT2D eigenvalue weighted by Crippen LogP contribution is -2.25. The van der Waals surface area contributed by atoms with Gasteiger partial charge in [0, 0.05) is 6.07 Å². The molecule has 0 spiro atoms. The Morgan fingerprint density at radius 2 is 2.36 bits per heavy atom. The highest BCUT2D eigenvalue weighted by molar-refractivity contribution is 5.72. The molecule has 1 N–H and O–H groups in total. The number of imidazole rings is 1. The predicted molar refractivity (Wildman–Crippen MR) is 42.0 cm³/mol. The summed E-state index contributed by atoms with van der Waals surface area (Å²) in [4.78, 5) is 7.45. The van der Waals surface area contributed by atoms with E-state index in [4.69, 9.17) is 0 Å². The first kappa shape index (κ1) is 6.34. The maximum atomic E-state index is 4.29. The zero-order chi connectivity index (χ0) is 7.84. The van der Waals surface area contributed by atoms with Crippen molar-refractivity contribution in [2.24, 2.45) is 7.05 Å². The Balaban J connectivity index is 2.82. The first-order valence-corrected chi connectivity index (χ1v) is 3.57. The Bertz CT molecular complexity index is 389. The molecular weight excluding hydrogens is 138 g/mol. The topological polar surface area (TPSA) is 32.6 Å². The minimum Gasteiger partial charge on any atom is -0.337 e. The first-order valence-electron chi connectivity index (χ1n) is 3.57. The highest BCUT2D eigenvalue weighted by Crippen LogP contribution is 2.05. The second-order valence-electron chi connectivity index (χ2n) is 2.73. The second-order valence-corrected chi connectivity index (χ2v) is 2.73. The Morgan fingerprint density at radius 3 is 3.18 bits per heavy atom. The lowest BCUT2D eigenvalue weighted by Gasteiger charge is -1.84. The zero-order valence-corrected chi connectivity index (χ0v) is 6.63. The summed E-state index contributed by atoms with van der Waals surface area (Å²) in [6, 6.07) is 2.00. The summed E-state index contributed by atoms with van der Waals surface area (Å²) in [5.74, 6) is 0.964. The Labute approximate surface area is 64.7 Å². The van der Waals surface area contributed by atoms with Crippen LogP contribution in [0.25, 0.3) is 11.0 Å². The molecule has 0 saturated heterocycles. The molecule has 0 aliphatic rings. The van der Waals surface area contributed by atoms with Gasteiger partial charge in [0.05, 0.1) is 0 Å². The Morgan fingerprint density at radius 1 is 1.55 bits per heavy atom. The second kappa shape index (κ2) is 2.05. The van der Waals surface area contributed by atoms with Gasteiger partial charge in [-0.15, -0.1) is 0 Å². The molecule has 0 atom stereocenters. The van der Waals surface area contributed by atoms with Crippen LogP contribution in [-0.4, -0.2) is 9.97 Å². The molecule has 11 heavy (non-hydrogen) atoms. The number of aryl methyl sites for hydroxylation is 2. The lowest BCUT2D eigenvalue weighted by atomic mass is 10.4. The smallest absolute Gasteiger partial charge is 0.194 e. The number of aromatic amines is 1. The van der Waals surface area contributed by atoms with Crippen LogP contribution in [0.4, 0.5) is 0 Å². The van der Waals surface area contributed by atoms with Crippen LogP contribution in [0.1, 0.15) is 5.82 Å². The highest BCUT2D eigenvalue weighted by Gasteiger charge is 2.01. The summed E-state index contributed by atoms with van der Waals surface area (Å²) in [6.07, 6.45) is 4.01. The van der Waals surface area contributed by atoms with Crippen LogP contribution in [-0.2, 0) is 7.05 Å². The molecular formula is C8H10N3+. The van der Waals surface area contributed by atoms with Gasteiger partial charge in [-0.2, -0.15) is 0 Å². The molecule has 2 aromatic rings. The fraction of sp³-hybridized carbons (Fsp3) is 0.250. The van der Waals surface area contributed by atoms with E-state index < -0.39 is 0 Å². The quantitative estimate of drug-likeness (QED) is 0.548. The number of hydrogen-bond donors (Lipinski definition) is 1. The van der Waals surface area contributed by atoms with E-state index >= 15 is 0 Å². The number of aromatic nitrogens is 3. The van der Waals surface area contributed by atoms with Crippen LogP contribution in [0.5, 0.6) is 0 Å². The maximum Gasteiger partial charge on any atom is 0.194 e. The molecule has 0 aromatic carbocycles. The number of pyridine rings is 1. The third-order valence-electron chi connectivity index (χ3n) is 1.68. The van der Waals surface area contributed by atoms with Crippen molar-refractivity contribution < 1.29 is 4.57 Å². The molecule has 0 aliphatic carbocycles. The third kappa shape index (κ3) is 0.981. The van der Waals surface area contributed by atoms with Crippen molar-refractivity contribution in [1.29, 1.82) is 0 Å². The van der Waals surface area contributed by atoms with Gasteiger partial charge in [-0.25, -0.2) is 9.55 Å². The van der Waals surface area contributed by atoms with Crippen LogP contribution < -0.4 is 4.57 Å². The maximum absolute atomic E-state index is 4.29. The molecule has 0 saturated carbocycles. The van der Waals surface area contributed by atoms with Gasteiger partial charge in [0.15, 0.2) is 12.4 Å². The fourth-order valence-corrected chi connectivity index (χ4v) is 1.19. The molecule has 2 rings (SSSR count). The van der Waals surface area contributed by atoms with E-state index in [1.54, 1.807) is 0 Å². The van der Waals surface area contributed by atoms with E-state index in [0.717, 1.165) is 16.9 Å². The number of rotatable bonds is 0. The molecule has 0 amide bonds. The molecule has 3 heteroatoms. The van der Waals surface area contributed by atoms with Crippen LogP contribution in [0, 0.1) is 6.92 Å². The average molecular weight is 148 g/mol. The number of hydrogen-bond acceptors (Lipinski definition) is 1. The molecule has 0 radical (unpaired) electrons. The van der Waals surface area contributed by atoms with E-state index in [-0.39, 0.29) is 0 Å². The van der Waals surface area contributed by atoms with Gasteiger partial charge in [-0.1, -0.05) is 0 Å². The van der Waals surface area contributed by atoms with Crippen molar-refractivity contribution in [3.05, 3.63) is 24.3 Å². The minimum atomic E-state index is 0.964. The minimum absolute atomic E-state index is 0.964. The van der Waals surface area contributed by atoms with Gasteiger partial charge in [0.1, 0.15) is 23.9 Å². The van der Waals surface area contributed by atoms with E-state index in [1.807, 2.05) is 37.0 Å². The monoisotopic (exact) mass is 148 g/mol. The van der Waals surface area contributed by atoms with Crippen LogP contribution in [0.15, 0.2) is 18.5 Å². The van der Waals surface area contributed by atoms with Crippen LogP contribution in [0.2, 0.25) is 0 Å². The predicted octanol–water partition coefficient (Wildman–Crippen LogP) is 0.696. The van der Waals surface area contributed by atoms with Gasteiger partial charge in [-0.05, 0) is 6.92 Å². The number of nitrogens with one attached hydrogen (secondary N) is 1. The molecule has 2 heterocycles. The summed E-state index contributed by atoms with van der Waals surface area (Å²) in [5.41, 5.74) is 2.12. The first-order chi connectivity index (χ1) is 5.25. The van der Waals surface area contributed by atoms with Crippen molar-refractivity contribution in [3.63, 3.8) is 0 Å². The van der Waals surface area contributed by atoms with E-state index in [0.29, 0.717) is 0 Å². The SMILES string of the molecule is Cc1nc2cc[n+](C)cc2[nH]1. The summed E-state index contributed by atoms with van der Waals surface area (Å²) in [6.45, 7) is 1.96. The zero-order valence-electron chi connectivity index (χ0n) is 6.63. The average Bonchev–Trinajstić information content (AvgIpc) is 2.27. The molecule has 56 valence electrons. The summed E-state index contributed by atoms with van der Waals surface area (Å²) in [5, 5.41) is 0. The largest absolute Gasteiger partial charge is 0.337 e. The van der Waals surface area contributed by atoms with Crippen molar-refractivity contribution in [2.75, 3.05) is 0 Å². The summed E-state index contributed by atoms with van der Waals surface area (Å²) in [7, 11) is 2.00. The molecule has 3 nitrogen and oxygen atoms in total. The summed E-state index contributed by atoms with van der Waals surface area (Å²) >= 11 is 0. The molecule has 0 unspecified atom stereocenters. The lowest BCUT2D eigenvalue weighted by molar-refractivity contribution is -0.670. The van der Waals surface area contributed by atoms with E-state index in [2.05, 4.69) is 9.97 Å². The van der Waals surface area contributed by atoms with Crippen molar-refractivity contribution in [2.45, 2.75) is 6.92 Å². The fourth-order valence-electron chi connectivity index (χ4n) is 1.19. The van der Waals surface area contributed by atoms with E-state index in [9.17, 15) is 0 Å². The van der Waals surface area contributed by atoms with E-state index in [1.165, 1.54) is 0 Å². The molecule has 0 bridgehead atoms. The van der Waals surface area contributed by atoms with Crippen molar-refractivity contribution >= 4 is 11.0 Å². The van der Waals surface area contributed by atoms with Gasteiger partial charge < -0.3 is 4.98 Å².